The SMILES string of the molecule is CN(C(=O)[C@@H](NC(=O)[C@@H](NC(=O)c1cnccn1)C1CCCCC1)C(C)(C)C)[C@H]1CN(C(=O)Nc2ccccc2)C[C@H]1C(=O)NCC(=O)C(=O)NC1CC1. The lowest BCUT2D eigenvalue weighted by molar-refractivity contribution is -0.142. The van der Waals surface area contributed by atoms with Crippen molar-refractivity contribution in [2.45, 2.75) is 89.9 Å². The van der Waals surface area contributed by atoms with Crippen molar-refractivity contribution >= 4 is 47.0 Å². The molecule has 2 aromatic rings. The number of anilines is 1. The van der Waals surface area contributed by atoms with Gasteiger partial charge in [-0.15, -0.1) is 0 Å². The molecule has 1 aliphatic heterocycles. The molecule has 0 unspecified atom stereocenters. The van der Waals surface area contributed by atoms with Crippen LogP contribution >= 0.6 is 0 Å². The number of urea groups is 1. The minimum absolute atomic E-state index is 0.0290. The molecule has 2 heterocycles. The molecule has 0 spiro atoms. The normalized spacial score (nSPS) is 19.8. The van der Waals surface area contributed by atoms with Crippen molar-refractivity contribution in [2.24, 2.45) is 17.3 Å². The number of likely N-dealkylation sites (tertiary alicyclic amines) is 1. The van der Waals surface area contributed by atoms with E-state index in [0.29, 0.717) is 5.69 Å². The number of aromatic nitrogens is 2. The van der Waals surface area contributed by atoms with Crippen LogP contribution in [0.15, 0.2) is 48.9 Å². The second-order valence-electron chi connectivity index (χ2n) is 15.5. The fourth-order valence-electron chi connectivity index (χ4n) is 6.94. The third kappa shape index (κ3) is 10.4. The first-order valence-electron chi connectivity index (χ1n) is 18.6. The monoisotopic (exact) mass is 745 g/mol. The van der Waals surface area contributed by atoms with Crippen molar-refractivity contribution in [2.75, 3.05) is 32.0 Å². The fraction of sp³-hybridized carbons (Fsp3) is 0.553. The Balaban J connectivity index is 1.34. The van der Waals surface area contributed by atoms with Gasteiger partial charge >= 0.3 is 6.03 Å². The van der Waals surface area contributed by atoms with Gasteiger partial charge in [0.25, 0.3) is 11.8 Å². The van der Waals surface area contributed by atoms with Crippen LogP contribution in [0.1, 0.15) is 76.2 Å². The standard InChI is InChI=1S/C38H51N9O7/c1-38(2,3)31(45-35(52)30(23-11-7-5-8-12-23)44-33(50)27-19-39-17-18-40-27)36(53)46(4)28-22-47(37(54)43-24-13-9-6-10-14-24)21-26(28)32(49)41-20-29(48)34(51)42-25-15-16-25/h6,9-10,13-14,17-19,23,25-26,28,30-31H,5,7-8,11-12,15-16,20-22H2,1-4H3,(H,41,49)(H,42,51)(H,43,54)(H,44,50)(H,45,52)/t26-,28+,30+,31-/m1/s1. The van der Waals surface area contributed by atoms with E-state index in [2.05, 4.69) is 36.6 Å². The molecule has 1 aromatic carbocycles. The summed E-state index contributed by atoms with van der Waals surface area (Å²) in [5.41, 5.74) is -0.223. The molecule has 290 valence electrons. The number of benzene rings is 1. The van der Waals surface area contributed by atoms with Crippen LogP contribution in [0.2, 0.25) is 0 Å². The summed E-state index contributed by atoms with van der Waals surface area (Å²) in [6.07, 6.45) is 10.0. The van der Waals surface area contributed by atoms with E-state index in [4.69, 9.17) is 0 Å². The maximum atomic E-state index is 14.5. The molecule has 54 heavy (non-hydrogen) atoms. The smallest absolute Gasteiger partial charge is 0.321 e. The molecule has 5 N–H and O–H groups in total. The van der Waals surface area contributed by atoms with Crippen LogP contribution in [0, 0.1) is 17.3 Å². The summed E-state index contributed by atoms with van der Waals surface area (Å²) in [5, 5.41) is 13.7. The molecule has 5 rings (SSSR count). The number of nitrogens with zero attached hydrogens (tertiary/aromatic N) is 4. The van der Waals surface area contributed by atoms with E-state index in [0.717, 1.165) is 44.9 Å². The molecule has 3 aliphatic rings. The van der Waals surface area contributed by atoms with Gasteiger partial charge in [-0.1, -0.05) is 58.2 Å². The zero-order chi connectivity index (χ0) is 39.0. The Morgan fingerprint density at radius 3 is 2.24 bits per heavy atom. The zero-order valence-electron chi connectivity index (χ0n) is 31.3. The highest BCUT2D eigenvalue weighted by atomic mass is 16.2. The van der Waals surface area contributed by atoms with E-state index in [1.807, 2.05) is 6.07 Å². The summed E-state index contributed by atoms with van der Waals surface area (Å²) >= 11 is 0. The number of likely N-dealkylation sites (N-methyl/N-ethyl adjacent to an activating group) is 1. The second-order valence-corrected chi connectivity index (χ2v) is 15.5. The first-order chi connectivity index (χ1) is 25.7. The van der Waals surface area contributed by atoms with E-state index < -0.39 is 77.4 Å². The number of Topliss-reactive ketones (excluding diaryl/α,β-unsaturated/α-hetero) is 1. The van der Waals surface area contributed by atoms with Gasteiger partial charge in [-0.05, 0) is 49.1 Å². The molecular weight excluding hydrogens is 694 g/mol. The van der Waals surface area contributed by atoms with Gasteiger partial charge in [0.15, 0.2) is 0 Å². The lowest BCUT2D eigenvalue weighted by atomic mass is 9.82. The molecule has 1 saturated heterocycles. The molecule has 2 aliphatic carbocycles. The first kappa shape index (κ1) is 39.8. The number of rotatable bonds is 13. The van der Waals surface area contributed by atoms with Crippen molar-refractivity contribution in [3.8, 4) is 0 Å². The highest BCUT2D eigenvalue weighted by molar-refractivity contribution is 6.37. The molecule has 2 saturated carbocycles. The van der Waals surface area contributed by atoms with Crippen molar-refractivity contribution < 1.29 is 33.6 Å². The predicted octanol–water partition coefficient (Wildman–Crippen LogP) is 1.64. The molecule has 16 heteroatoms. The number of carbonyl (C=O) groups excluding carboxylic acids is 7. The van der Waals surface area contributed by atoms with Gasteiger partial charge in [-0.3, -0.25) is 33.8 Å². The average molecular weight is 746 g/mol. The molecule has 1 aromatic heterocycles. The Bertz CT molecular complexity index is 1690. The Hall–Kier alpha value is -5.41. The molecule has 7 amide bonds. The maximum Gasteiger partial charge on any atom is 0.321 e. The highest BCUT2D eigenvalue weighted by Gasteiger charge is 2.46. The summed E-state index contributed by atoms with van der Waals surface area (Å²) in [4.78, 5) is 105. The van der Waals surface area contributed by atoms with Crippen molar-refractivity contribution in [3.63, 3.8) is 0 Å². The number of para-hydroxylation sites is 1. The van der Waals surface area contributed by atoms with Crippen LogP contribution in [-0.2, 0) is 24.0 Å². The van der Waals surface area contributed by atoms with Crippen molar-refractivity contribution in [1.29, 1.82) is 0 Å². The number of hydrogen-bond acceptors (Lipinski definition) is 9. The van der Waals surface area contributed by atoms with Crippen LogP contribution in [0.4, 0.5) is 10.5 Å². The lowest BCUT2D eigenvalue weighted by Gasteiger charge is -2.38. The van der Waals surface area contributed by atoms with Crippen molar-refractivity contribution in [3.05, 3.63) is 54.6 Å². The summed E-state index contributed by atoms with van der Waals surface area (Å²) in [5.74, 6) is -4.91. The fourth-order valence-corrected chi connectivity index (χ4v) is 6.94. The van der Waals surface area contributed by atoms with Crippen molar-refractivity contribution in [1.82, 2.24) is 41.0 Å². The largest absolute Gasteiger partial charge is 0.348 e. The van der Waals surface area contributed by atoms with Gasteiger partial charge in [0.05, 0.1) is 24.7 Å². The van der Waals surface area contributed by atoms with Gasteiger partial charge in [0.1, 0.15) is 17.8 Å². The minimum atomic E-state index is -1.10. The number of ketones is 1. The zero-order valence-corrected chi connectivity index (χ0v) is 31.3. The van der Waals surface area contributed by atoms with Crippen LogP contribution < -0.4 is 26.6 Å². The van der Waals surface area contributed by atoms with Gasteiger partial charge in [0, 0.05) is 44.3 Å². The third-order valence-corrected chi connectivity index (χ3v) is 10.3. The molecule has 0 bridgehead atoms. The molecule has 3 fully saturated rings. The van der Waals surface area contributed by atoms with Crippen LogP contribution in [0.3, 0.4) is 0 Å². The second kappa shape index (κ2) is 17.6. The Labute approximate surface area is 315 Å². The van der Waals surface area contributed by atoms with E-state index in [1.165, 1.54) is 35.4 Å². The van der Waals surface area contributed by atoms with E-state index in [1.54, 1.807) is 45.0 Å². The van der Waals surface area contributed by atoms with Gasteiger partial charge < -0.3 is 36.4 Å². The Morgan fingerprint density at radius 2 is 1.61 bits per heavy atom. The number of hydrogen-bond donors (Lipinski definition) is 5. The summed E-state index contributed by atoms with van der Waals surface area (Å²) in [6.45, 7) is 4.74. The summed E-state index contributed by atoms with van der Waals surface area (Å²) in [6, 6.07) is 5.35. The Kier molecular flexibility index (Phi) is 13.0. The lowest BCUT2D eigenvalue weighted by Crippen LogP contribution is -2.61. The Morgan fingerprint density at radius 1 is 0.907 bits per heavy atom. The average Bonchev–Trinajstić information content (AvgIpc) is 3.87. The molecule has 4 atom stereocenters. The maximum absolute atomic E-state index is 14.5. The van der Waals surface area contributed by atoms with Gasteiger partial charge in [-0.25, -0.2) is 9.78 Å². The topological polar surface area (TPSA) is 212 Å². The number of nitrogens with one attached hydrogen (secondary N) is 5. The van der Waals surface area contributed by atoms with Gasteiger partial charge in [0.2, 0.25) is 23.5 Å². The van der Waals surface area contributed by atoms with Crippen LogP contribution in [0.5, 0.6) is 0 Å². The first-order valence-corrected chi connectivity index (χ1v) is 18.6. The summed E-state index contributed by atoms with van der Waals surface area (Å²) in [7, 11) is 1.51. The summed E-state index contributed by atoms with van der Waals surface area (Å²) < 4.78 is 0. The minimum Gasteiger partial charge on any atom is -0.348 e. The quantitative estimate of drug-likeness (QED) is 0.188. The van der Waals surface area contributed by atoms with E-state index >= 15 is 0 Å². The number of amides is 7. The van der Waals surface area contributed by atoms with Gasteiger partial charge in [-0.2, -0.15) is 0 Å². The molecule has 16 nitrogen and oxygen atoms in total. The van der Waals surface area contributed by atoms with E-state index in [-0.39, 0.29) is 30.7 Å². The highest BCUT2D eigenvalue weighted by Crippen LogP contribution is 2.30. The van der Waals surface area contributed by atoms with Crippen LogP contribution in [0.25, 0.3) is 0 Å². The number of carbonyl (C=O) groups is 7. The van der Waals surface area contributed by atoms with Crippen LogP contribution in [-0.4, -0.2) is 112 Å². The van der Waals surface area contributed by atoms with E-state index in [9.17, 15) is 33.6 Å². The third-order valence-electron chi connectivity index (χ3n) is 10.3. The molecule has 0 radical (unpaired) electrons. The molecular formula is C38H51N9O7. The predicted molar refractivity (Wildman–Crippen MR) is 198 cm³/mol.